The number of hydrogen-bond donors (Lipinski definition) is 1. The van der Waals surface area contributed by atoms with Gasteiger partial charge in [-0.2, -0.15) is 0 Å². The summed E-state index contributed by atoms with van der Waals surface area (Å²) in [4.78, 5) is 35.5. The summed E-state index contributed by atoms with van der Waals surface area (Å²) in [6.45, 7) is 4.39. The third kappa shape index (κ3) is 47.4. The second kappa shape index (κ2) is 44.2. The maximum absolute atomic E-state index is 12.7. The summed E-state index contributed by atoms with van der Waals surface area (Å²) in [5.41, 5.74) is 0. The van der Waals surface area contributed by atoms with E-state index in [2.05, 4.69) is 62.5 Å². The third-order valence-electron chi connectivity index (χ3n) is 10.8. The molecular weight excluding hydrogens is 798 g/mol. The fraction of sp³-hybridized carbons (Fsp3) is 0.808. The van der Waals surface area contributed by atoms with Gasteiger partial charge in [-0.25, -0.2) is 4.57 Å². The van der Waals surface area contributed by atoms with Crippen molar-refractivity contribution in [3.05, 3.63) is 48.6 Å². The van der Waals surface area contributed by atoms with Crippen LogP contribution >= 0.6 is 7.82 Å². The average Bonchev–Trinajstić information content (AvgIpc) is 3.23. The van der Waals surface area contributed by atoms with Crippen LogP contribution in [0, 0.1) is 0 Å². The number of esters is 2. The Morgan fingerprint density at radius 1 is 0.500 bits per heavy atom. The van der Waals surface area contributed by atoms with Gasteiger partial charge in [0.15, 0.2) is 6.10 Å². The van der Waals surface area contributed by atoms with Gasteiger partial charge in [0.1, 0.15) is 19.8 Å². The number of quaternary nitrogens is 1. The highest BCUT2D eigenvalue weighted by molar-refractivity contribution is 7.47. The predicted molar refractivity (Wildman–Crippen MR) is 261 cm³/mol. The van der Waals surface area contributed by atoms with Gasteiger partial charge >= 0.3 is 19.8 Å². The van der Waals surface area contributed by atoms with Crippen LogP contribution in [0.15, 0.2) is 48.6 Å². The first kappa shape index (κ1) is 60.0. The predicted octanol–water partition coefficient (Wildman–Crippen LogP) is 15.0. The summed E-state index contributed by atoms with van der Waals surface area (Å²) in [6, 6.07) is 0. The summed E-state index contributed by atoms with van der Waals surface area (Å²) in [6.07, 6.45) is 53.1. The lowest BCUT2D eigenvalue weighted by atomic mass is 10.0. The Morgan fingerprint density at radius 3 is 1.32 bits per heavy atom. The van der Waals surface area contributed by atoms with Crippen LogP contribution in [-0.2, 0) is 32.7 Å². The molecule has 0 spiro atoms. The number of unbranched alkanes of at least 4 members (excludes halogenated alkanes) is 24. The van der Waals surface area contributed by atoms with Crippen LogP contribution in [-0.4, -0.2) is 74.9 Å². The number of phosphoric acid groups is 1. The van der Waals surface area contributed by atoms with E-state index in [9.17, 15) is 19.0 Å². The highest BCUT2D eigenvalue weighted by Gasteiger charge is 2.27. The van der Waals surface area contributed by atoms with Crippen molar-refractivity contribution in [1.29, 1.82) is 0 Å². The zero-order valence-corrected chi connectivity index (χ0v) is 41.7. The maximum atomic E-state index is 12.7. The van der Waals surface area contributed by atoms with Crippen LogP contribution in [0.4, 0.5) is 0 Å². The Hall–Kier alpha value is -2.03. The van der Waals surface area contributed by atoms with Gasteiger partial charge in [-0.3, -0.25) is 18.6 Å². The van der Waals surface area contributed by atoms with Crippen LogP contribution in [0.5, 0.6) is 0 Å². The zero-order chi connectivity index (χ0) is 45.7. The van der Waals surface area contributed by atoms with Crippen LogP contribution in [0.2, 0.25) is 0 Å². The second-order valence-electron chi connectivity index (χ2n) is 18.2. The lowest BCUT2D eigenvalue weighted by molar-refractivity contribution is -0.870. The number of carbonyl (C=O) groups excluding carboxylic acids is 2. The van der Waals surface area contributed by atoms with E-state index in [0.717, 1.165) is 70.6 Å². The van der Waals surface area contributed by atoms with Crippen molar-refractivity contribution < 1.29 is 42.1 Å². The van der Waals surface area contributed by atoms with Gasteiger partial charge < -0.3 is 18.9 Å². The Bertz CT molecular complexity index is 1190. The lowest BCUT2D eigenvalue weighted by Gasteiger charge is -2.24. The number of rotatable bonds is 46. The first-order valence-corrected chi connectivity index (χ1v) is 26.9. The van der Waals surface area contributed by atoms with Crippen LogP contribution in [0.3, 0.4) is 0 Å². The number of nitrogens with zero attached hydrogens (tertiary/aromatic N) is 1. The highest BCUT2D eigenvalue weighted by Crippen LogP contribution is 2.43. The van der Waals surface area contributed by atoms with Crippen molar-refractivity contribution in [2.24, 2.45) is 0 Å². The van der Waals surface area contributed by atoms with Gasteiger partial charge in [-0.05, 0) is 77.0 Å². The molecule has 62 heavy (non-hydrogen) atoms. The van der Waals surface area contributed by atoms with Gasteiger partial charge in [-0.1, -0.05) is 178 Å². The smallest absolute Gasteiger partial charge is 0.462 e. The Morgan fingerprint density at radius 2 is 0.871 bits per heavy atom. The molecule has 9 nitrogen and oxygen atoms in total. The van der Waals surface area contributed by atoms with E-state index in [1.54, 1.807) is 0 Å². The zero-order valence-electron chi connectivity index (χ0n) is 40.9. The first-order chi connectivity index (χ1) is 30.0. The summed E-state index contributed by atoms with van der Waals surface area (Å²) in [5.74, 6) is -0.811. The second-order valence-corrected chi connectivity index (χ2v) is 19.6. The van der Waals surface area contributed by atoms with E-state index in [0.29, 0.717) is 17.4 Å². The van der Waals surface area contributed by atoms with Crippen molar-refractivity contribution >= 4 is 19.8 Å². The molecule has 0 rings (SSSR count). The van der Waals surface area contributed by atoms with E-state index >= 15 is 0 Å². The lowest BCUT2D eigenvalue weighted by Crippen LogP contribution is -2.37. The molecule has 0 aliphatic heterocycles. The molecule has 0 aromatic heterocycles. The number of allylic oxidation sites excluding steroid dienone is 8. The fourth-order valence-corrected chi connectivity index (χ4v) is 7.58. The van der Waals surface area contributed by atoms with Crippen molar-refractivity contribution in [2.45, 2.75) is 225 Å². The minimum atomic E-state index is -4.38. The molecule has 0 aromatic carbocycles. The first-order valence-electron chi connectivity index (χ1n) is 25.4. The average molecular weight is 895 g/mol. The molecule has 0 fully saturated rings. The minimum Gasteiger partial charge on any atom is -0.462 e. The molecule has 0 amide bonds. The molecule has 10 heteroatoms. The molecule has 0 bridgehead atoms. The standard InChI is InChI=1S/C52H96NO8P/c1-6-8-10-12-14-16-18-20-21-22-23-24-25-26-27-28-29-30-31-33-35-37-39-41-43-45-52(55)61-50(49-60-62(56,57)59-47-46-53(3,4)5)48-58-51(54)44-42-40-38-36-34-32-19-17-15-13-11-9-7-2/h17-20,22-23,25-26,50H,6-16,21,24,27-49H2,1-5H3/p+1/b19-17-,20-18-,23-22-,26-25-. The van der Waals surface area contributed by atoms with Gasteiger partial charge in [-0.15, -0.1) is 0 Å². The molecule has 362 valence electrons. The number of likely N-dealkylation sites (N-methyl/N-ethyl adjacent to an activating group) is 1. The molecular formula is C52H97NO8P+. The van der Waals surface area contributed by atoms with E-state index in [4.69, 9.17) is 18.5 Å². The van der Waals surface area contributed by atoms with Crippen molar-refractivity contribution in [3.8, 4) is 0 Å². The van der Waals surface area contributed by atoms with Gasteiger partial charge in [0.2, 0.25) is 0 Å². The Kier molecular flexibility index (Phi) is 42.7. The normalized spacial score (nSPS) is 13.8. The largest absolute Gasteiger partial charge is 0.472 e. The SMILES string of the molecule is CCCCCC/C=C\CCCCCCCC(=O)OCC(COP(=O)(O)OCC[N+](C)(C)C)OC(=O)CCCCCCCCCCCC/C=C\C/C=C\C/C=C\CCCCCCC. The summed E-state index contributed by atoms with van der Waals surface area (Å²) < 4.78 is 34.4. The molecule has 0 heterocycles. The summed E-state index contributed by atoms with van der Waals surface area (Å²) in [5, 5.41) is 0. The van der Waals surface area contributed by atoms with Crippen LogP contribution < -0.4 is 0 Å². The van der Waals surface area contributed by atoms with Crippen molar-refractivity contribution in [2.75, 3.05) is 47.5 Å². The van der Waals surface area contributed by atoms with E-state index < -0.39 is 26.5 Å². The fourth-order valence-electron chi connectivity index (χ4n) is 6.84. The number of ether oxygens (including phenoxy) is 2. The molecule has 0 aliphatic carbocycles. The van der Waals surface area contributed by atoms with Crippen molar-refractivity contribution in [1.82, 2.24) is 0 Å². The quantitative estimate of drug-likeness (QED) is 0.0212. The third-order valence-corrected chi connectivity index (χ3v) is 11.8. The molecule has 0 saturated heterocycles. The summed E-state index contributed by atoms with van der Waals surface area (Å²) >= 11 is 0. The van der Waals surface area contributed by atoms with E-state index in [1.165, 1.54) is 116 Å². The maximum Gasteiger partial charge on any atom is 0.472 e. The van der Waals surface area contributed by atoms with Gasteiger partial charge in [0.25, 0.3) is 0 Å². The van der Waals surface area contributed by atoms with Crippen LogP contribution in [0.25, 0.3) is 0 Å². The topological polar surface area (TPSA) is 108 Å². The Balaban J connectivity index is 4.22. The molecule has 0 aliphatic rings. The van der Waals surface area contributed by atoms with Gasteiger partial charge in [0.05, 0.1) is 27.7 Å². The monoisotopic (exact) mass is 895 g/mol. The molecule has 2 unspecified atom stereocenters. The number of phosphoric ester groups is 1. The molecule has 0 saturated carbocycles. The van der Waals surface area contributed by atoms with E-state index in [-0.39, 0.29) is 32.0 Å². The van der Waals surface area contributed by atoms with E-state index in [1.807, 2.05) is 21.1 Å². The number of hydrogen-bond acceptors (Lipinski definition) is 7. The molecule has 0 aromatic rings. The molecule has 1 N–H and O–H groups in total. The Labute approximate surface area is 382 Å². The highest BCUT2D eigenvalue weighted by atomic mass is 31.2. The van der Waals surface area contributed by atoms with Crippen LogP contribution in [0.1, 0.15) is 219 Å². The number of carbonyl (C=O) groups is 2. The summed E-state index contributed by atoms with van der Waals surface area (Å²) in [7, 11) is 1.47. The van der Waals surface area contributed by atoms with Gasteiger partial charge in [0, 0.05) is 12.8 Å². The minimum absolute atomic E-state index is 0.0287. The molecule has 0 radical (unpaired) electrons. The van der Waals surface area contributed by atoms with Crippen molar-refractivity contribution in [3.63, 3.8) is 0 Å². The molecule has 2 atom stereocenters.